The van der Waals surface area contributed by atoms with Crippen LogP contribution in [-0.2, 0) is 30.2 Å². The molecule has 2 aliphatic rings. The van der Waals surface area contributed by atoms with E-state index in [9.17, 15) is 8.42 Å². The van der Waals surface area contributed by atoms with Crippen molar-refractivity contribution in [1.29, 1.82) is 0 Å². The van der Waals surface area contributed by atoms with Gasteiger partial charge in [-0.15, -0.1) is 0 Å². The summed E-state index contributed by atoms with van der Waals surface area (Å²) in [6.45, 7) is 5.99. The fourth-order valence-electron chi connectivity index (χ4n) is 5.40. The molecule has 2 fully saturated rings. The molecule has 2 aliphatic heterocycles. The fourth-order valence-corrected chi connectivity index (χ4v) is 6.94. The van der Waals surface area contributed by atoms with Crippen LogP contribution in [0, 0.1) is 0 Å². The zero-order chi connectivity index (χ0) is 22.3. The van der Waals surface area contributed by atoms with E-state index in [4.69, 9.17) is 4.98 Å². The molecule has 2 aromatic heterocycles. The molecule has 0 aliphatic carbocycles. The Morgan fingerprint density at radius 1 is 1.06 bits per heavy atom. The summed E-state index contributed by atoms with van der Waals surface area (Å²) in [4.78, 5) is 7.81. The van der Waals surface area contributed by atoms with E-state index in [0.29, 0.717) is 24.0 Å². The van der Waals surface area contributed by atoms with Crippen LogP contribution < -0.4 is 0 Å². The molecule has 1 atom stereocenters. The molecule has 8 heteroatoms. The van der Waals surface area contributed by atoms with Crippen molar-refractivity contribution >= 4 is 21.1 Å². The highest BCUT2D eigenvalue weighted by Gasteiger charge is 2.30. The summed E-state index contributed by atoms with van der Waals surface area (Å²) in [6, 6.07) is 10.2. The molecule has 0 saturated carbocycles. The predicted molar refractivity (Wildman–Crippen MR) is 126 cm³/mol. The van der Waals surface area contributed by atoms with Gasteiger partial charge in [-0.1, -0.05) is 6.42 Å². The number of hydrogen-bond donors (Lipinski definition) is 0. The van der Waals surface area contributed by atoms with Crippen molar-refractivity contribution in [1.82, 2.24) is 23.3 Å². The highest BCUT2D eigenvalue weighted by Crippen LogP contribution is 2.34. The smallest absolute Gasteiger partial charge is 0.243 e. The minimum Gasteiger partial charge on any atom is -0.353 e. The molecule has 0 unspecified atom stereocenters. The van der Waals surface area contributed by atoms with E-state index in [-0.39, 0.29) is 0 Å². The van der Waals surface area contributed by atoms with Crippen molar-refractivity contribution < 1.29 is 8.42 Å². The van der Waals surface area contributed by atoms with Gasteiger partial charge in [-0.2, -0.15) is 4.31 Å². The van der Waals surface area contributed by atoms with Gasteiger partial charge in [0.15, 0.2) is 0 Å². The van der Waals surface area contributed by atoms with E-state index >= 15 is 0 Å². The zero-order valence-corrected chi connectivity index (χ0v) is 19.9. The van der Waals surface area contributed by atoms with Gasteiger partial charge in [0.1, 0.15) is 5.82 Å². The van der Waals surface area contributed by atoms with Gasteiger partial charge in [0, 0.05) is 38.6 Å². The van der Waals surface area contributed by atoms with E-state index in [2.05, 4.69) is 46.3 Å². The number of fused-ring (bicyclic) bond motifs is 1. The molecule has 2 saturated heterocycles. The van der Waals surface area contributed by atoms with Crippen molar-refractivity contribution in [3.63, 3.8) is 0 Å². The van der Waals surface area contributed by atoms with Crippen LogP contribution in [0.2, 0.25) is 0 Å². The lowest BCUT2D eigenvalue weighted by atomic mass is 10.1. The number of piperidine rings is 1. The summed E-state index contributed by atoms with van der Waals surface area (Å²) in [5.41, 5.74) is 3.13. The highest BCUT2D eigenvalue weighted by molar-refractivity contribution is 7.89. The fraction of sp³-hybridized carbons (Fsp3) is 0.542. The summed E-state index contributed by atoms with van der Waals surface area (Å²) < 4.78 is 32.4. The Hall–Kier alpha value is -2.16. The van der Waals surface area contributed by atoms with E-state index in [1.165, 1.54) is 12.1 Å². The van der Waals surface area contributed by atoms with Crippen molar-refractivity contribution in [2.24, 2.45) is 7.05 Å². The number of imidazole rings is 1. The third-order valence-corrected chi connectivity index (χ3v) is 9.00. The van der Waals surface area contributed by atoms with Gasteiger partial charge in [0.2, 0.25) is 10.0 Å². The average molecular weight is 456 g/mol. The largest absolute Gasteiger partial charge is 0.353 e. The van der Waals surface area contributed by atoms with Gasteiger partial charge in [-0.3, -0.25) is 4.90 Å². The van der Waals surface area contributed by atoms with Crippen molar-refractivity contribution in [3.05, 3.63) is 48.0 Å². The molecule has 172 valence electrons. The predicted octanol–water partition coefficient (Wildman–Crippen LogP) is 3.91. The summed E-state index contributed by atoms with van der Waals surface area (Å²) in [6.07, 6.45) is 7.43. The molecular formula is C24H33N5O2S. The molecule has 0 radical (unpaired) electrons. The average Bonchev–Trinajstić information content (AvgIpc) is 3.52. The molecular weight excluding hydrogens is 422 g/mol. The normalized spacial score (nSPS) is 21.0. The first-order valence-electron chi connectivity index (χ1n) is 11.8. The zero-order valence-electron chi connectivity index (χ0n) is 19.1. The maximum Gasteiger partial charge on any atom is 0.243 e. The van der Waals surface area contributed by atoms with Crippen LogP contribution in [0.3, 0.4) is 0 Å². The standard InChI is InChI=1S/C24H33N5O2S/c1-3-29-21-12-11-19(32(30,31)28-15-5-4-6-16-28)17-20(21)25-24(29)18-27-14-8-10-23(27)22-9-7-13-26(22)2/h7,9,11-13,17,23H,3-6,8,10,14-16,18H2,1-2H3/t23-/m1/s1. The first-order valence-corrected chi connectivity index (χ1v) is 13.3. The molecule has 1 aromatic carbocycles. The number of aromatic nitrogens is 3. The van der Waals surface area contributed by atoms with E-state index in [1.807, 2.05) is 6.07 Å². The number of benzene rings is 1. The Kier molecular flexibility index (Phi) is 5.86. The van der Waals surface area contributed by atoms with Gasteiger partial charge in [-0.05, 0) is 69.5 Å². The molecule has 7 nitrogen and oxygen atoms in total. The molecule has 0 N–H and O–H groups in total. The number of hydrogen-bond acceptors (Lipinski definition) is 4. The Balaban J connectivity index is 1.46. The van der Waals surface area contributed by atoms with Crippen LogP contribution in [0.15, 0.2) is 41.4 Å². The third-order valence-electron chi connectivity index (χ3n) is 7.10. The SMILES string of the molecule is CCn1c(CN2CCC[C@@H]2c2cccn2C)nc2cc(S(=O)(=O)N3CCCCC3)ccc21. The monoisotopic (exact) mass is 455 g/mol. The highest BCUT2D eigenvalue weighted by atomic mass is 32.2. The molecule has 0 amide bonds. The number of sulfonamides is 1. The van der Waals surface area contributed by atoms with Crippen molar-refractivity contribution in [3.8, 4) is 0 Å². The lowest BCUT2D eigenvalue weighted by molar-refractivity contribution is 0.232. The van der Waals surface area contributed by atoms with Gasteiger partial charge in [-0.25, -0.2) is 13.4 Å². The molecule has 32 heavy (non-hydrogen) atoms. The lowest BCUT2D eigenvalue weighted by Crippen LogP contribution is -2.35. The van der Waals surface area contributed by atoms with E-state index in [0.717, 1.165) is 62.2 Å². The van der Waals surface area contributed by atoms with Crippen LogP contribution in [-0.4, -0.2) is 51.4 Å². The van der Waals surface area contributed by atoms with Crippen molar-refractivity contribution in [2.45, 2.75) is 63.1 Å². The maximum atomic E-state index is 13.2. The van der Waals surface area contributed by atoms with Gasteiger partial charge < -0.3 is 9.13 Å². The molecule has 3 aromatic rings. The minimum atomic E-state index is -3.46. The molecule has 0 spiro atoms. The Morgan fingerprint density at radius 2 is 1.88 bits per heavy atom. The topological polar surface area (TPSA) is 63.4 Å². The number of likely N-dealkylation sites (tertiary alicyclic amines) is 1. The maximum absolute atomic E-state index is 13.2. The van der Waals surface area contributed by atoms with Crippen LogP contribution in [0.1, 0.15) is 56.6 Å². The van der Waals surface area contributed by atoms with Gasteiger partial charge in [0.25, 0.3) is 0 Å². The second-order valence-electron chi connectivity index (χ2n) is 9.06. The van der Waals surface area contributed by atoms with Crippen LogP contribution in [0.4, 0.5) is 0 Å². The van der Waals surface area contributed by atoms with E-state index in [1.54, 1.807) is 16.4 Å². The summed E-state index contributed by atoms with van der Waals surface area (Å²) >= 11 is 0. The molecule has 5 rings (SSSR count). The molecule has 0 bridgehead atoms. The quantitative estimate of drug-likeness (QED) is 0.565. The summed E-state index contributed by atoms with van der Waals surface area (Å²) in [5, 5.41) is 0. The van der Waals surface area contributed by atoms with Crippen LogP contribution >= 0.6 is 0 Å². The van der Waals surface area contributed by atoms with Crippen LogP contribution in [0.25, 0.3) is 11.0 Å². The van der Waals surface area contributed by atoms with E-state index < -0.39 is 10.0 Å². The Labute approximate surface area is 190 Å². The Bertz CT molecular complexity index is 1210. The van der Waals surface area contributed by atoms with Gasteiger partial charge in [0.05, 0.1) is 28.5 Å². The van der Waals surface area contributed by atoms with Gasteiger partial charge >= 0.3 is 0 Å². The first-order chi connectivity index (χ1) is 15.5. The lowest BCUT2D eigenvalue weighted by Gasteiger charge is -2.25. The Morgan fingerprint density at radius 3 is 2.59 bits per heavy atom. The third kappa shape index (κ3) is 3.78. The summed E-state index contributed by atoms with van der Waals surface area (Å²) in [7, 11) is -1.35. The first kappa shape index (κ1) is 21.7. The number of rotatable bonds is 6. The number of nitrogens with zero attached hydrogens (tertiary/aromatic N) is 5. The minimum absolute atomic E-state index is 0.363. The number of aryl methyl sites for hydroxylation is 2. The van der Waals surface area contributed by atoms with Crippen molar-refractivity contribution in [2.75, 3.05) is 19.6 Å². The second-order valence-corrected chi connectivity index (χ2v) is 11.0. The van der Waals surface area contributed by atoms with Crippen LogP contribution in [0.5, 0.6) is 0 Å². The second kappa shape index (κ2) is 8.65. The molecule has 4 heterocycles. The summed E-state index contributed by atoms with van der Waals surface area (Å²) in [5.74, 6) is 1.01.